The number of hydrogen-bond donors (Lipinski definition) is 10. The number of anilines is 4. The van der Waals surface area contributed by atoms with Crippen molar-refractivity contribution in [3.63, 3.8) is 0 Å². The third-order valence-electron chi connectivity index (χ3n) is 13.3. The second-order valence-corrected chi connectivity index (χ2v) is 19.8. The lowest BCUT2D eigenvalue weighted by molar-refractivity contribution is -0.193. The van der Waals surface area contributed by atoms with Crippen molar-refractivity contribution in [1.82, 2.24) is 20.6 Å². The molecular weight excluding hydrogens is 1180 g/mol. The van der Waals surface area contributed by atoms with Crippen LogP contribution in [0.2, 0.25) is 0 Å². The van der Waals surface area contributed by atoms with Gasteiger partial charge in [-0.2, -0.15) is 26.3 Å². The van der Waals surface area contributed by atoms with Gasteiger partial charge in [0.15, 0.2) is 23.0 Å². The number of carbonyl (C=O) groups is 6. The Hall–Kier alpha value is -9.18. The van der Waals surface area contributed by atoms with Crippen LogP contribution in [0.4, 0.5) is 49.1 Å². The molecule has 6 rings (SSSR count). The van der Waals surface area contributed by atoms with E-state index in [4.69, 9.17) is 61.7 Å². The first-order valence-electron chi connectivity index (χ1n) is 28.3. The number of fused-ring (bicyclic) bond motifs is 2. The molecule has 0 radical (unpaired) electrons. The van der Waals surface area contributed by atoms with Gasteiger partial charge in [0, 0.05) is 59.8 Å². The standard InChI is InChI=1S/C29H39N5O4.C28H37N5O4.2C2HF3O2/c1-6-17(5)26(30)29(36)33-15-18-11-10-12-22(19(18)7-2)34-27-20-13-24(37-8-3)25(38-9-4)14-23(20)32-16-21(27)28(31)35;1-6-18-17(14-32-28(35)25(29)16(4)5)10-9-11-21(18)33-26-19-12-23(36-7-2)24(37-8-3)13-22(19)31-15-20(26)27(30)34;2*3-2(4,5)1(6)7/h10-14,16-17,26H,6-9,15,30H2,1-5H3,(H2,31,35)(H,32,34)(H,33,36);9-13,15-16,25H,6-8,14,29H2,1-5H3,(H2,30,34)(H,31,33)(H,32,35);2*(H,6,7)/t17-,26-;25-;;/m01../s1. The number of nitrogens with zero attached hydrogens (tertiary/aromatic N) is 2. The van der Waals surface area contributed by atoms with Gasteiger partial charge in [-0.1, -0.05) is 72.2 Å². The number of pyridine rings is 2. The van der Waals surface area contributed by atoms with E-state index in [2.05, 4.69) is 31.2 Å². The SMILES string of the molecule is CCOc1cc2ncc(C(N)=O)c(Nc3cccc(CNC(=O)[C@@H](N)[C@@H](C)CC)c3CC)c2cc1OCC.CCOc1cc2ncc(C(N)=O)c(Nc3cccc(CNC(=O)[C@H](N)C(C)C)c3CC)c2cc1OCC.O=C(O)C(F)(F)F.O=C(O)C(F)(F)F. The normalized spacial score (nSPS) is 12.1. The summed E-state index contributed by atoms with van der Waals surface area (Å²) in [6.07, 6.45) is -5.02. The fraction of sp³-hybridized carbons (Fsp3) is 0.410. The van der Waals surface area contributed by atoms with Gasteiger partial charge in [0.25, 0.3) is 11.8 Å². The van der Waals surface area contributed by atoms with E-state index in [0.29, 0.717) is 109 Å². The number of benzene rings is 4. The number of aromatic nitrogens is 2. The number of aliphatic carboxylic acids is 2. The molecular formula is C61H78F6N10O12. The quantitative estimate of drug-likeness (QED) is 0.0238. The maximum Gasteiger partial charge on any atom is 0.490 e. The van der Waals surface area contributed by atoms with Crippen molar-refractivity contribution in [3.05, 3.63) is 106 Å². The fourth-order valence-electron chi connectivity index (χ4n) is 8.47. The van der Waals surface area contributed by atoms with Crippen molar-refractivity contribution in [2.45, 2.75) is 126 Å². The molecule has 28 heteroatoms. The van der Waals surface area contributed by atoms with Crippen molar-refractivity contribution >= 4 is 80.1 Å². The molecule has 2 heterocycles. The number of primary amides is 2. The Labute approximate surface area is 510 Å². The van der Waals surface area contributed by atoms with Crippen LogP contribution in [0.25, 0.3) is 21.8 Å². The summed E-state index contributed by atoms with van der Waals surface area (Å²) in [5, 5.41) is 28.4. The largest absolute Gasteiger partial charge is 0.490 e. The lowest BCUT2D eigenvalue weighted by Crippen LogP contribution is -2.44. The van der Waals surface area contributed by atoms with E-state index in [1.54, 1.807) is 12.1 Å². The molecule has 0 spiro atoms. The van der Waals surface area contributed by atoms with Crippen molar-refractivity contribution in [2.75, 3.05) is 37.1 Å². The number of nitrogens with one attached hydrogen (secondary N) is 4. The number of ether oxygens (including phenoxy) is 4. The predicted molar refractivity (Wildman–Crippen MR) is 325 cm³/mol. The fourth-order valence-corrected chi connectivity index (χ4v) is 8.47. The minimum atomic E-state index is -5.08. The van der Waals surface area contributed by atoms with Crippen molar-refractivity contribution in [2.24, 2.45) is 34.8 Å². The van der Waals surface area contributed by atoms with E-state index in [1.165, 1.54) is 12.4 Å². The minimum Gasteiger partial charge on any atom is -0.490 e. The van der Waals surface area contributed by atoms with E-state index in [9.17, 15) is 45.5 Å². The zero-order valence-corrected chi connectivity index (χ0v) is 51.1. The highest BCUT2D eigenvalue weighted by molar-refractivity contribution is 6.09. The van der Waals surface area contributed by atoms with Gasteiger partial charge in [-0.3, -0.25) is 29.1 Å². The van der Waals surface area contributed by atoms with Crippen LogP contribution in [-0.4, -0.2) is 107 Å². The summed E-state index contributed by atoms with van der Waals surface area (Å²) >= 11 is 0. The maximum atomic E-state index is 12.6. The smallest absolute Gasteiger partial charge is 0.490 e. The summed E-state index contributed by atoms with van der Waals surface area (Å²) in [5.41, 5.74) is 31.9. The van der Waals surface area contributed by atoms with Crippen LogP contribution in [-0.2, 0) is 45.1 Å². The van der Waals surface area contributed by atoms with Crippen LogP contribution in [0.5, 0.6) is 23.0 Å². The first-order valence-corrected chi connectivity index (χ1v) is 28.3. The van der Waals surface area contributed by atoms with Gasteiger partial charge in [-0.05, 0) is 98.9 Å². The number of rotatable bonds is 25. The molecule has 0 unspecified atom stereocenters. The van der Waals surface area contributed by atoms with E-state index >= 15 is 0 Å². The van der Waals surface area contributed by atoms with Crippen LogP contribution < -0.4 is 63.1 Å². The molecule has 0 bridgehead atoms. The zero-order chi connectivity index (χ0) is 67.1. The van der Waals surface area contributed by atoms with Crippen LogP contribution in [0.15, 0.2) is 73.1 Å². The number of carbonyl (C=O) groups excluding carboxylic acids is 4. The molecule has 14 N–H and O–H groups in total. The highest BCUT2D eigenvalue weighted by atomic mass is 19.4. The number of halogens is 6. The molecule has 0 aliphatic heterocycles. The summed E-state index contributed by atoms with van der Waals surface area (Å²) in [5.74, 6) is -4.70. The third kappa shape index (κ3) is 21.0. The third-order valence-corrected chi connectivity index (χ3v) is 13.3. The van der Waals surface area contributed by atoms with Gasteiger partial charge in [0.05, 0.1) is 72.0 Å². The number of alkyl halides is 6. The lowest BCUT2D eigenvalue weighted by atomic mass is 9.98. The molecule has 0 saturated heterocycles. The lowest BCUT2D eigenvalue weighted by Gasteiger charge is -2.21. The molecule has 3 atom stereocenters. The average molecular weight is 1260 g/mol. The first kappa shape index (κ1) is 74.1. The van der Waals surface area contributed by atoms with E-state index in [1.807, 2.05) is 118 Å². The monoisotopic (exact) mass is 1260 g/mol. The van der Waals surface area contributed by atoms with Gasteiger partial charge in [0.1, 0.15) is 0 Å². The van der Waals surface area contributed by atoms with Gasteiger partial charge < -0.3 is 73.4 Å². The molecule has 2 aromatic heterocycles. The Balaban J connectivity index is 0.000000382. The summed E-state index contributed by atoms with van der Waals surface area (Å²) in [7, 11) is 0. The molecule has 89 heavy (non-hydrogen) atoms. The topological polar surface area (TPSA) is 358 Å². The molecule has 6 aromatic rings. The number of carboxylic acid groups (broad SMARTS) is 2. The first-order chi connectivity index (χ1) is 41.8. The maximum absolute atomic E-state index is 12.6. The second kappa shape index (κ2) is 34.4. The molecule has 0 aliphatic rings. The van der Waals surface area contributed by atoms with Crippen molar-refractivity contribution in [3.8, 4) is 23.0 Å². The van der Waals surface area contributed by atoms with E-state index in [0.717, 1.165) is 40.0 Å². The molecule has 4 amide bonds. The van der Waals surface area contributed by atoms with Crippen LogP contribution >= 0.6 is 0 Å². The Bertz CT molecular complexity index is 3400. The summed E-state index contributed by atoms with van der Waals surface area (Å²) < 4.78 is 86.6. The van der Waals surface area contributed by atoms with Gasteiger partial charge >= 0.3 is 24.3 Å². The van der Waals surface area contributed by atoms with Crippen LogP contribution in [0, 0.1) is 11.8 Å². The highest BCUT2D eigenvalue weighted by Gasteiger charge is 2.39. The van der Waals surface area contributed by atoms with Gasteiger partial charge in [0.2, 0.25) is 11.8 Å². The Morgan fingerprint density at radius 2 is 0.865 bits per heavy atom. The molecule has 0 saturated carbocycles. The number of carboxylic acids is 2. The Morgan fingerprint density at radius 1 is 0.539 bits per heavy atom. The Morgan fingerprint density at radius 3 is 1.15 bits per heavy atom. The van der Waals surface area contributed by atoms with Gasteiger partial charge in [-0.25, -0.2) is 9.59 Å². The van der Waals surface area contributed by atoms with E-state index < -0.39 is 48.2 Å². The molecule has 22 nitrogen and oxygen atoms in total. The summed E-state index contributed by atoms with van der Waals surface area (Å²) in [6, 6.07) is 17.7. The summed E-state index contributed by atoms with van der Waals surface area (Å²) in [4.78, 5) is 76.5. The number of amides is 4. The molecule has 4 aromatic carbocycles. The average Bonchev–Trinajstić information content (AvgIpc) is 1.06. The second-order valence-electron chi connectivity index (χ2n) is 19.8. The van der Waals surface area contributed by atoms with Crippen molar-refractivity contribution in [1.29, 1.82) is 0 Å². The molecule has 486 valence electrons. The van der Waals surface area contributed by atoms with Crippen LogP contribution in [0.1, 0.15) is 119 Å². The number of hydrogen-bond acceptors (Lipinski definition) is 16. The summed E-state index contributed by atoms with van der Waals surface area (Å²) in [6.45, 7) is 22.0. The molecule has 0 aliphatic carbocycles. The highest BCUT2D eigenvalue weighted by Crippen LogP contribution is 2.40. The van der Waals surface area contributed by atoms with Crippen LogP contribution in [0.3, 0.4) is 0 Å². The number of nitrogens with two attached hydrogens (primary N) is 4. The zero-order valence-electron chi connectivity index (χ0n) is 51.1. The molecule has 0 fully saturated rings. The predicted octanol–water partition coefficient (Wildman–Crippen LogP) is 9.73. The van der Waals surface area contributed by atoms with Crippen molar-refractivity contribution < 1.29 is 84.3 Å². The van der Waals surface area contributed by atoms with Gasteiger partial charge in [-0.15, -0.1) is 0 Å². The van der Waals surface area contributed by atoms with E-state index in [-0.39, 0.29) is 34.8 Å². The minimum absolute atomic E-state index is 0.0376. The Kier molecular flexibility index (Phi) is 28.6.